The zero-order valence-electron chi connectivity index (χ0n) is 23.8. The van der Waals surface area contributed by atoms with E-state index in [2.05, 4.69) is 5.32 Å². The van der Waals surface area contributed by atoms with Crippen molar-refractivity contribution in [3.63, 3.8) is 0 Å². The van der Waals surface area contributed by atoms with Crippen LogP contribution in [0.2, 0.25) is 5.02 Å². The summed E-state index contributed by atoms with van der Waals surface area (Å²) in [6.45, 7) is 4.27. The van der Waals surface area contributed by atoms with Gasteiger partial charge in [-0.05, 0) is 0 Å². The van der Waals surface area contributed by atoms with Crippen LogP contribution in [0.4, 0.5) is 5.69 Å². The summed E-state index contributed by atoms with van der Waals surface area (Å²) in [7, 11) is -4.16. The Bertz CT molecular complexity index is 1540. The fraction of sp³-hybridized carbons (Fsp3) is 0.370. The molecular weight excluding hydrogens is 691 g/mol. The molecule has 44 heavy (non-hydrogen) atoms. The van der Waals surface area contributed by atoms with Gasteiger partial charge in [-0.15, -0.1) is 0 Å². The third-order valence-corrected chi connectivity index (χ3v) is 9.63. The van der Waals surface area contributed by atoms with Gasteiger partial charge in [0.2, 0.25) is 0 Å². The molecule has 14 nitrogen and oxygen atoms in total. The summed E-state index contributed by atoms with van der Waals surface area (Å²) in [5.74, 6) is -3.42. The van der Waals surface area contributed by atoms with Crippen LogP contribution in [-0.2, 0) is 52.9 Å². The maximum absolute atomic E-state index is 12.8. The first-order chi connectivity index (χ1) is 20.5. The van der Waals surface area contributed by atoms with Crippen LogP contribution in [0, 0.1) is 0 Å². The molecule has 1 heterocycles. The summed E-state index contributed by atoms with van der Waals surface area (Å²) in [6.07, 6.45) is -4.79. The number of amides is 1. The molecular formula is C27H29ClN2O12SSe. The summed E-state index contributed by atoms with van der Waals surface area (Å²) in [4.78, 5) is 59.9. The third-order valence-electron chi connectivity index (χ3n) is 5.81. The summed E-state index contributed by atoms with van der Waals surface area (Å²) in [5.41, 5.74) is 0.368. The summed E-state index contributed by atoms with van der Waals surface area (Å²) >= 11 is 5.25. The Kier molecular flexibility index (Phi) is 11.9. The van der Waals surface area contributed by atoms with Gasteiger partial charge in [-0.25, -0.2) is 0 Å². The van der Waals surface area contributed by atoms with Crippen LogP contribution < -0.4 is 14.9 Å². The average Bonchev–Trinajstić information content (AvgIpc) is 2.90. The van der Waals surface area contributed by atoms with E-state index in [1.54, 1.807) is 24.3 Å². The zero-order chi connectivity index (χ0) is 32.8. The van der Waals surface area contributed by atoms with E-state index in [-0.39, 0.29) is 17.2 Å². The fourth-order valence-corrected chi connectivity index (χ4v) is 7.49. The van der Waals surface area contributed by atoms with E-state index in [4.69, 9.17) is 40.4 Å². The molecule has 0 aliphatic carbocycles. The minimum absolute atomic E-state index is 0.00391. The molecule has 0 aromatic heterocycles. The molecule has 2 aromatic rings. The first-order valence-electron chi connectivity index (χ1n) is 12.8. The first kappa shape index (κ1) is 35.0. The van der Waals surface area contributed by atoms with Crippen molar-refractivity contribution in [1.29, 1.82) is 0 Å². The molecule has 1 aliphatic heterocycles. The molecule has 0 spiro atoms. The first-order valence-corrected chi connectivity index (χ1v) is 16.5. The van der Waals surface area contributed by atoms with Crippen LogP contribution in [-0.4, -0.2) is 89.2 Å². The molecule has 0 unspecified atom stereocenters. The fourth-order valence-electron chi connectivity index (χ4n) is 4.10. The monoisotopic (exact) mass is 720 g/mol. The van der Waals surface area contributed by atoms with Crippen molar-refractivity contribution in [2.45, 2.75) is 62.0 Å². The average molecular weight is 720 g/mol. The molecule has 1 saturated heterocycles. The van der Waals surface area contributed by atoms with Crippen LogP contribution >= 0.6 is 11.6 Å². The van der Waals surface area contributed by atoms with Gasteiger partial charge < -0.3 is 0 Å². The quantitative estimate of drug-likeness (QED) is 0.198. The second-order valence-corrected chi connectivity index (χ2v) is 13.7. The second-order valence-electron chi connectivity index (χ2n) is 9.35. The zero-order valence-corrected chi connectivity index (χ0v) is 27.1. The number of primary sulfonamides is 1. The van der Waals surface area contributed by atoms with Crippen molar-refractivity contribution in [2.24, 2.45) is 5.14 Å². The molecule has 0 saturated carbocycles. The number of carbonyl (C=O) groups is 5. The van der Waals surface area contributed by atoms with Gasteiger partial charge >= 0.3 is 265 Å². The Morgan fingerprint density at radius 2 is 1.43 bits per heavy atom. The molecule has 1 amide bonds. The summed E-state index contributed by atoms with van der Waals surface area (Å²) in [5, 5.41) is 6.78. The molecule has 1 aliphatic rings. The maximum atomic E-state index is 12.8. The number of carbonyl (C=O) groups excluding carboxylic acids is 5. The SMILES string of the molecule is CC(=O)OC[C@H]1O[C@@H]([Se]c2ccc(NC(=O)c3ccc(Cl)c(S(N)(=O)=O)c3)cc2)[C@H](OC(C)=O)[C@@H](OC(C)=O)[C@@H]1OC(C)=O. The number of esters is 4. The van der Waals surface area contributed by atoms with Crippen molar-refractivity contribution in [3.8, 4) is 0 Å². The Morgan fingerprint density at radius 1 is 0.864 bits per heavy atom. The predicted molar refractivity (Wildman–Crippen MR) is 155 cm³/mol. The molecule has 0 bridgehead atoms. The van der Waals surface area contributed by atoms with Gasteiger partial charge in [0.15, 0.2) is 0 Å². The van der Waals surface area contributed by atoms with E-state index in [9.17, 15) is 32.4 Å². The molecule has 3 N–H and O–H groups in total. The van der Waals surface area contributed by atoms with Crippen LogP contribution in [0.15, 0.2) is 47.4 Å². The van der Waals surface area contributed by atoms with Crippen molar-refractivity contribution >= 4 is 76.5 Å². The van der Waals surface area contributed by atoms with Crippen molar-refractivity contribution in [3.05, 3.63) is 53.1 Å². The summed E-state index contributed by atoms with van der Waals surface area (Å²) in [6, 6.07) is 10.1. The molecule has 1 fully saturated rings. The standard InChI is InChI=1S/C27H29ClN2O12SSe/c1-13(31)38-12-21-23(39-14(2)32)24(40-15(3)33)25(41-16(4)34)27(42-21)44-19-8-6-18(7-9-19)30-26(35)17-5-10-20(28)22(11-17)43(29,36)37/h5-11,21,23-25,27H,12H2,1-4H3,(H,30,35)(H2,29,36,37)/t21-,23-,24+,25-,27+/m1/s1. The number of halogens is 1. The van der Waals surface area contributed by atoms with Gasteiger partial charge in [-0.2, -0.15) is 0 Å². The Hall–Kier alpha value is -3.53. The third kappa shape index (κ3) is 9.74. The van der Waals surface area contributed by atoms with Crippen LogP contribution in [0.3, 0.4) is 0 Å². The number of hydrogen-bond acceptors (Lipinski definition) is 12. The molecule has 0 radical (unpaired) electrons. The number of anilines is 1. The molecule has 2 aromatic carbocycles. The van der Waals surface area contributed by atoms with E-state index >= 15 is 0 Å². The van der Waals surface area contributed by atoms with Gasteiger partial charge in [0.05, 0.1) is 0 Å². The number of nitrogens with one attached hydrogen (secondary N) is 1. The van der Waals surface area contributed by atoms with Crippen molar-refractivity contribution in [2.75, 3.05) is 11.9 Å². The molecule has 238 valence electrons. The number of benzene rings is 2. The van der Waals surface area contributed by atoms with Gasteiger partial charge in [0, 0.05) is 0 Å². The van der Waals surface area contributed by atoms with Gasteiger partial charge in [-0.3, -0.25) is 0 Å². The van der Waals surface area contributed by atoms with Gasteiger partial charge in [-0.1, -0.05) is 0 Å². The predicted octanol–water partition coefficient (Wildman–Crippen LogP) is 0.652. The van der Waals surface area contributed by atoms with Crippen LogP contribution in [0.1, 0.15) is 38.1 Å². The number of hydrogen-bond donors (Lipinski definition) is 2. The molecule has 17 heteroatoms. The second kappa shape index (κ2) is 15.0. The summed E-state index contributed by atoms with van der Waals surface area (Å²) < 4.78 is 51.8. The Morgan fingerprint density at radius 3 is 1.98 bits per heavy atom. The van der Waals surface area contributed by atoms with E-state index in [1.807, 2.05) is 0 Å². The number of nitrogens with two attached hydrogens (primary N) is 1. The van der Waals surface area contributed by atoms with Crippen molar-refractivity contribution < 1.29 is 56.1 Å². The van der Waals surface area contributed by atoms with E-state index < -0.39 is 89.1 Å². The Labute approximate surface area is 264 Å². The molecule has 5 atom stereocenters. The van der Waals surface area contributed by atoms with E-state index in [1.165, 1.54) is 19.1 Å². The van der Waals surface area contributed by atoms with E-state index in [0.717, 1.165) is 26.8 Å². The van der Waals surface area contributed by atoms with E-state index in [0.29, 0.717) is 10.1 Å². The molecule has 3 rings (SSSR count). The minimum atomic E-state index is -4.16. The van der Waals surface area contributed by atoms with Crippen molar-refractivity contribution in [1.82, 2.24) is 0 Å². The van der Waals surface area contributed by atoms with Crippen LogP contribution in [0.5, 0.6) is 0 Å². The number of rotatable bonds is 10. The van der Waals surface area contributed by atoms with Gasteiger partial charge in [0.25, 0.3) is 0 Å². The topological polar surface area (TPSA) is 204 Å². The van der Waals surface area contributed by atoms with Gasteiger partial charge in [0.1, 0.15) is 0 Å². The Balaban J connectivity index is 1.86. The van der Waals surface area contributed by atoms with Crippen LogP contribution in [0.25, 0.3) is 0 Å². The normalized spacial score (nSPS) is 21.5. The number of sulfonamides is 1. The number of ether oxygens (including phenoxy) is 5.